The van der Waals surface area contributed by atoms with E-state index in [0.29, 0.717) is 23.1 Å². The molecular formula is C14H17ClN4O2. The summed E-state index contributed by atoms with van der Waals surface area (Å²) in [6.45, 7) is 5.89. The number of nitrogens with one attached hydrogen (secondary N) is 1. The molecule has 0 aliphatic rings. The molecule has 0 fully saturated rings. The minimum absolute atomic E-state index is 0.00996. The van der Waals surface area contributed by atoms with E-state index >= 15 is 0 Å². The first kappa shape index (κ1) is 15.3. The van der Waals surface area contributed by atoms with Crippen molar-refractivity contribution in [2.24, 2.45) is 0 Å². The maximum atomic E-state index is 11.2. The largest absolute Gasteiger partial charge is 0.360 e. The standard InChI is InChI=1S/C14H17ClN4O2/c1-9(2)18-14(13(19(20)21)10(3)17-18)16-8-11-6-4-5-7-12(11)15/h4-7,9,16H,8H2,1-3H3. The predicted octanol–water partition coefficient (Wildman–Crippen LogP) is 3.95. The molecule has 0 saturated heterocycles. The highest BCUT2D eigenvalue weighted by Gasteiger charge is 2.26. The van der Waals surface area contributed by atoms with Gasteiger partial charge >= 0.3 is 5.69 Å². The van der Waals surface area contributed by atoms with Crippen molar-refractivity contribution in [3.63, 3.8) is 0 Å². The number of aryl methyl sites for hydroxylation is 1. The second kappa shape index (κ2) is 6.13. The third-order valence-electron chi connectivity index (χ3n) is 3.13. The first-order chi connectivity index (χ1) is 9.91. The van der Waals surface area contributed by atoms with Crippen molar-refractivity contribution in [3.8, 4) is 0 Å². The third kappa shape index (κ3) is 3.16. The summed E-state index contributed by atoms with van der Waals surface area (Å²) in [6, 6.07) is 7.41. The van der Waals surface area contributed by atoms with Crippen LogP contribution in [0.15, 0.2) is 24.3 Å². The zero-order chi connectivity index (χ0) is 15.6. The molecule has 21 heavy (non-hydrogen) atoms. The fraction of sp³-hybridized carbons (Fsp3) is 0.357. The highest BCUT2D eigenvalue weighted by Crippen LogP contribution is 2.31. The molecule has 0 saturated carbocycles. The van der Waals surface area contributed by atoms with E-state index in [-0.39, 0.29) is 11.7 Å². The van der Waals surface area contributed by atoms with Gasteiger partial charge < -0.3 is 5.32 Å². The van der Waals surface area contributed by atoms with E-state index in [1.54, 1.807) is 17.7 Å². The number of hydrogen-bond donors (Lipinski definition) is 1. The van der Waals surface area contributed by atoms with Crippen LogP contribution in [0, 0.1) is 17.0 Å². The van der Waals surface area contributed by atoms with Crippen LogP contribution in [0.4, 0.5) is 11.5 Å². The maximum Gasteiger partial charge on any atom is 0.333 e. The van der Waals surface area contributed by atoms with E-state index in [4.69, 9.17) is 11.6 Å². The number of halogens is 1. The minimum atomic E-state index is -0.407. The van der Waals surface area contributed by atoms with Gasteiger partial charge in [0.05, 0.1) is 4.92 Å². The van der Waals surface area contributed by atoms with Crippen LogP contribution in [0.2, 0.25) is 5.02 Å². The Morgan fingerprint density at radius 1 is 1.43 bits per heavy atom. The first-order valence-electron chi connectivity index (χ1n) is 6.62. The van der Waals surface area contributed by atoms with Gasteiger partial charge in [-0.15, -0.1) is 0 Å². The van der Waals surface area contributed by atoms with E-state index in [9.17, 15) is 10.1 Å². The third-order valence-corrected chi connectivity index (χ3v) is 3.50. The van der Waals surface area contributed by atoms with Gasteiger partial charge in [0.2, 0.25) is 5.82 Å². The van der Waals surface area contributed by atoms with Gasteiger partial charge in [-0.2, -0.15) is 5.10 Å². The fourth-order valence-corrected chi connectivity index (χ4v) is 2.32. The van der Waals surface area contributed by atoms with Crippen molar-refractivity contribution in [2.75, 3.05) is 5.32 Å². The van der Waals surface area contributed by atoms with Crippen LogP contribution in [0.3, 0.4) is 0 Å². The first-order valence-corrected chi connectivity index (χ1v) is 7.00. The van der Waals surface area contributed by atoms with E-state index in [1.807, 2.05) is 32.0 Å². The van der Waals surface area contributed by atoms with Crippen LogP contribution >= 0.6 is 11.6 Å². The number of benzene rings is 1. The van der Waals surface area contributed by atoms with Crippen LogP contribution in [-0.2, 0) is 6.54 Å². The van der Waals surface area contributed by atoms with Crippen molar-refractivity contribution >= 4 is 23.1 Å². The second-order valence-corrected chi connectivity index (χ2v) is 5.43. The molecule has 2 rings (SSSR count). The summed E-state index contributed by atoms with van der Waals surface area (Å²) in [4.78, 5) is 10.8. The van der Waals surface area contributed by atoms with Crippen molar-refractivity contribution in [1.82, 2.24) is 9.78 Å². The Hall–Kier alpha value is -2.08. The molecule has 0 aliphatic carbocycles. The molecule has 2 aromatic rings. The molecule has 7 heteroatoms. The summed E-state index contributed by atoms with van der Waals surface area (Å²) < 4.78 is 1.63. The number of aromatic nitrogens is 2. The van der Waals surface area contributed by atoms with Gasteiger partial charge in [-0.3, -0.25) is 10.1 Å². The second-order valence-electron chi connectivity index (χ2n) is 5.02. The van der Waals surface area contributed by atoms with Crippen molar-refractivity contribution in [1.29, 1.82) is 0 Å². The lowest BCUT2D eigenvalue weighted by atomic mass is 10.2. The van der Waals surface area contributed by atoms with Gasteiger partial charge in [-0.25, -0.2) is 4.68 Å². The molecule has 1 N–H and O–H groups in total. The molecule has 0 unspecified atom stereocenters. The summed E-state index contributed by atoms with van der Waals surface area (Å²) >= 11 is 6.10. The van der Waals surface area contributed by atoms with Gasteiger partial charge in [0, 0.05) is 17.6 Å². The van der Waals surface area contributed by atoms with Crippen molar-refractivity contribution in [3.05, 3.63) is 50.7 Å². The average Bonchev–Trinajstić information content (AvgIpc) is 2.75. The molecule has 1 heterocycles. The van der Waals surface area contributed by atoms with Crippen LogP contribution in [0.25, 0.3) is 0 Å². The molecular weight excluding hydrogens is 292 g/mol. The molecule has 0 aliphatic heterocycles. The number of nitro groups is 1. The molecule has 112 valence electrons. The van der Waals surface area contributed by atoms with Crippen LogP contribution in [0.1, 0.15) is 31.1 Å². The number of hydrogen-bond acceptors (Lipinski definition) is 4. The molecule has 0 spiro atoms. The van der Waals surface area contributed by atoms with Gasteiger partial charge in [0.25, 0.3) is 0 Å². The molecule has 0 amide bonds. The quantitative estimate of drug-likeness (QED) is 0.670. The van der Waals surface area contributed by atoms with Crippen LogP contribution in [-0.4, -0.2) is 14.7 Å². The smallest absolute Gasteiger partial charge is 0.333 e. The fourth-order valence-electron chi connectivity index (χ4n) is 2.12. The molecule has 6 nitrogen and oxygen atoms in total. The highest BCUT2D eigenvalue weighted by atomic mass is 35.5. The molecule has 0 bridgehead atoms. The lowest BCUT2D eigenvalue weighted by molar-refractivity contribution is -0.384. The molecule has 0 atom stereocenters. The van der Waals surface area contributed by atoms with E-state index in [2.05, 4.69) is 10.4 Å². The lowest BCUT2D eigenvalue weighted by Gasteiger charge is -2.12. The maximum absolute atomic E-state index is 11.2. The zero-order valence-corrected chi connectivity index (χ0v) is 12.9. The normalized spacial score (nSPS) is 10.9. The lowest BCUT2D eigenvalue weighted by Crippen LogP contribution is -2.11. The van der Waals surface area contributed by atoms with Crippen molar-refractivity contribution < 1.29 is 4.92 Å². The van der Waals surface area contributed by atoms with E-state index in [0.717, 1.165) is 5.56 Å². The Kier molecular flexibility index (Phi) is 4.47. The predicted molar refractivity (Wildman–Crippen MR) is 82.8 cm³/mol. The van der Waals surface area contributed by atoms with E-state index < -0.39 is 4.92 Å². The number of anilines is 1. The topological polar surface area (TPSA) is 73.0 Å². The summed E-state index contributed by atoms with van der Waals surface area (Å²) in [5.74, 6) is 0.410. The molecule has 0 radical (unpaired) electrons. The van der Waals surface area contributed by atoms with Crippen LogP contribution < -0.4 is 5.32 Å². The van der Waals surface area contributed by atoms with Gasteiger partial charge in [-0.1, -0.05) is 29.8 Å². The summed E-state index contributed by atoms with van der Waals surface area (Å²) in [5.41, 5.74) is 1.29. The Bertz CT molecular complexity index is 667. The average molecular weight is 309 g/mol. The van der Waals surface area contributed by atoms with Gasteiger partial charge in [0.15, 0.2) is 0 Å². The monoisotopic (exact) mass is 308 g/mol. The highest BCUT2D eigenvalue weighted by molar-refractivity contribution is 6.31. The molecule has 1 aromatic heterocycles. The zero-order valence-electron chi connectivity index (χ0n) is 12.1. The Morgan fingerprint density at radius 2 is 2.10 bits per heavy atom. The van der Waals surface area contributed by atoms with Gasteiger partial charge in [-0.05, 0) is 32.4 Å². The Morgan fingerprint density at radius 3 is 2.67 bits per heavy atom. The summed E-state index contributed by atoms with van der Waals surface area (Å²) in [6.07, 6.45) is 0. The summed E-state index contributed by atoms with van der Waals surface area (Å²) in [7, 11) is 0. The molecule has 1 aromatic carbocycles. The van der Waals surface area contributed by atoms with Crippen molar-refractivity contribution in [2.45, 2.75) is 33.4 Å². The SMILES string of the molecule is Cc1nn(C(C)C)c(NCc2ccccc2Cl)c1[N+](=O)[O-]. The van der Waals surface area contributed by atoms with Crippen LogP contribution in [0.5, 0.6) is 0 Å². The number of nitrogens with zero attached hydrogens (tertiary/aromatic N) is 3. The summed E-state index contributed by atoms with van der Waals surface area (Å²) in [5, 5.41) is 19.2. The Labute approximate surface area is 127 Å². The number of rotatable bonds is 5. The Balaban J connectivity index is 2.34. The van der Waals surface area contributed by atoms with Gasteiger partial charge in [0.1, 0.15) is 5.69 Å². The van der Waals surface area contributed by atoms with E-state index in [1.165, 1.54) is 0 Å². The minimum Gasteiger partial charge on any atom is -0.360 e.